The zero-order valence-corrected chi connectivity index (χ0v) is 10.1. The van der Waals surface area contributed by atoms with E-state index in [1.807, 2.05) is 25.1 Å². The van der Waals surface area contributed by atoms with E-state index in [0.717, 1.165) is 36.2 Å². The van der Waals surface area contributed by atoms with Gasteiger partial charge < -0.3 is 15.4 Å². The number of nitrogens with zero attached hydrogens (tertiary/aromatic N) is 1. The van der Waals surface area contributed by atoms with Crippen LogP contribution >= 0.6 is 0 Å². The molecule has 3 nitrogen and oxygen atoms in total. The minimum Gasteiger partial charge on any atom is -0.492 e. The van der Waals surface area contributed by atoms with Crippen LogP contribution in [-0.4, -0.2) is 31.1 Å². The fourth-order valence-electron chi connectivity index (χ4n) is 1.83. The summed E-state index contributed by atoms with van der Waals surface area (Å²) in [5.41, 5.74) is 7.59. The Hall–Kier alpha value is -1.22. The van der Waals surface area contributed by atoms with E-state index in [1.54, 1.807) is 0 Å². The van der Waals surface area contributed by atoms with Gasteiger partial charge in [-0.15, -0.1) is 0 Å². The molecule has 2 N–H and O–H groups in total. The Morgan fingerprint density at radius 2 is 2.19 bits per heavy atom. The number of rotatable bonds is 5. The molecule has 0 bridgehead atoms. The first-order chi connectivity index (χ1) is 7.66. The normalized spacial score (nSPS) is 15.4. The fourth-order valence-corrected chi connectivity index (χ4v) is 1.83. The van der Waals surface area contributed by atoms with Crippen molar-refractivity contribution >= 4 is 5.69 Å². The highest BCUT2D eigenvalue weighted by Crippen LogP contribution is 2.25. The first-order valence-electron chi connectivity index (χ1n) is 5.86. The van der Waals surface area contributed by atoms with Crippen LogP contribution < -0.4 is 10.5 Å². The second kappa shape index (κ2) is 4.74. The molecule has 1 fully saturated rings. The number of ether oxygens (including phenoxy) is 1. The maximum absolute atomic E-state index is 5.74. The standard InChI is InChI=1S/C13H20N2O/c1-10-9-11(14)3-6-13(10)16-8-7-15(2)12-4-5-12/h3,6,9,12H,4-5,7-8,14H2,1-2H3. The Labute approximate surface area is 97.2 Å². The van der Waals surface area contributed by atoms with Crippen LogP contribution in [0.5, 0.6) is 5.75 Å². The first kappa shape index (κ1) is 11.3. The van der Waals surface area contributed by atoms with E-state index in [4.69, 9.17) is 10.5 Å². The molecule has 0 aromatic heterocycles. The lowest BCUT2D eigenvalue weighted by molar-refractivity contribution is 0.231. The zero-order valence-electron chi connectivity index (χ0n) is 10.1. The predicted octanol–water partition coefficient (Wildman–Crippen LogP) is 2.05. The van der Waals surface area contributed by atoms with Crippen LogP contribution in [0.2, 0.25) is 0 Å². The SMILES string of the molecule is Cc1cc(N)ccc1OCCN(C)C1CC1. The lowest BCUT2D eigenvalue weighted by atomic mass is 10.2. The molecule has 88 valence electrons. The van der Waals surface area contributed by atoms with E-state index in [2.05, 4.69) is 11.9 Å². The molecule has 3 heteroatoms. The van der Waals surface area contributed by atoms with Crippen molar-refractivity contribution < 1.29 is 4.74 Å². The summed E-state index contributed by atoms with van der Waals surface area (Å²) in [5, 5.41) is 0. The number of likely N-dealkylation sites (N-methyl/N-ethyl adjacent to an activating group) is 1. The maximum atomic E-state index is 5.74. The summed E-state index contributed by atoms with van der Waals surface area (Å²) in [6.07, 6.45) is 2.69. The summed E-state index contributed by atoms with van der Waals surface area (Å²) in [6, 6.07) is 6.57. The average Bonchev–Trinajstić information content (AvgIpc) is 3.04. The lowest BCUT2D eigenvalue weighted by Gasteiger charge is -2.16. The van der Waals surface area contributed by atoms with Gasteiger partial charge in [0, 0.05) is 18.3 Å². The molecule has 1 aromatic carbocycles. The number of aryl methyl sites for hydroxylation is 1. The molecule has 0 spiro atoms. The molecule has 1 saturated carbocycles. The predicted molar refractivity (Wildman–Crippen MR) is 66.7 cm³/mol. The van der Waals surface area contributed by atoms with Gasteiger partial charge in [-0.25, -0.2) is 0 Å². The molecule has 0 saturated heterocycles. The Bertz CT molecular complexity index is 361. The van der Waals surface area contributed by atoms with Crippen molar-refractivity contribution in [3.8, 4) is 5.75 Å². The number of benzene rings is 1. The van der Waals surface area contributed by atoms with E-state index in [-0.39, 0.29) is 0 Å². The van der Waals surface area contributed by atoms with Crippen LogP contribution in [0.4, 0.5) is 5.69 Å². The van der Waals surface area contributed by atoms with Crippen LogP contribution in [0, 0.1) is 6.92 Å². The minimum absolute atomic E-state index is 0.748. The van der Waals surface area contributed by atoms with E-state index < -0.39 is 0 Å². The molecule has 0 atom stereocenters. The van der Waals surface area contributed by atoms with Gasteiger partial charge in [-0.05, 0) is 50.6 Å². The molecule has 0 radical (unpaired) electrons. The quantitative estimate of drug-likeness (QED) is 0.772. The van der Waals surface area contributed by atoms with Crippen LogP contribution in [-0.2, 0) is 0 Å². The monoisotopic (exact) mass is 220 g/mol. The van der Waals surface area contributed by atoms with Crippen LogP contribution in [0.3, 0.4) is 0 Å². The highest BCUT2D eigenvalue weighted by molar-refractivity contribution is 5.47. The fraction of sp³-hybridized carbons (Fsp3) is 0.538. The van der Waals surface area contributed by atoms with E-state index in [0.29, 0.717) is 0 Å². The van der Waals surface area contributed by atoms with E-state index in [1.165, 1.54) is 12.8 Å². The smallest absolute Gasteiger partial charge is 0.122 e. The summed E-state index contributed by atoms with van der Waals surface area (Å²) >= 11 is 0. The Morgan fingerprint density at radius 3 is 2.81 bits per heavy atom. The van der Waals surface area contributed by atoms with Gasteiger partial charge in [0.15, 0.2) is 0 Å². The highest BCUT2D eigenvalue weighted by Gasteiger charge is 2.25. The topological polar surface area (TPSA) is 38.5 Å². The largest absolute Gasteiger partial charge is 0.492 e. The first-order valence-corrected chi connectivity index (χ1v) is 5.86. The Morgan fingerprint density at radius 1 is 1.44 bits per heavy atom. The van der Waals surface area contributed by atoms with Gasteiger partial charge in [-0.2, -0.15) is 0 Å². The summed E-state index contributed by atoms with van der Waals surface area (Å²) in [7, 11) is 2.16. The third-order valence-electron chi connectivity index (χ3n) is 3.07. The van der Waals surface area contributed by atoms with Gasteiger partial charge in [-0.3, -0.25) is 0 Å². The van der Waals surface area contributed by atoms with Crippen LogP contribution in [0.1, 0.15) is 18.4 Å². The Balaban J connectivity index is 1.80. The van der Waals surface area contributed by atoms with Crippen LogP contribution in [0.25, 0.3) is 0 Å². The number of hydrogen-bond acceptors (Lipinski definition) is 3. The average molecular weight is 220 g/mol. The molecule has 16 heavy (non-hydrogen) atoms. The van der Waals surface area contributed by atoms with Gasteiger partial charge in [-0.1, -0.05) is 0 Å². The summed E-state index contributed by atoms with van der Waals surface area (Å²) < 4.78 is 5.74. The number of nitrogen functional groups attached to an aromatic ring is 1. The molecule has 1 aliphatic carbocycles. The van der Waals surface area contributed by atoms with Gasteiger partial charge in [0.2, 0.25) is 0 Å². The zero-order chi connectivity index (χ0) is 11.5. The molecular formula is C13H20N2O. The number of nitrogens with two attached hydrogens (primary N) is 1. The van der Waals surface area contributed by atoms with Crippen molar-refractivity contribution in [3.63, 3.8) is 0 Å². The number of hydrogen-bond donors (Lipinski definition) is 1. The van der Waals surface area contributed by atoms with Crippen molar-refractivity contribution in [1.29, 1.82) is 0 Å². The molecule has 0 amide bonds. The minimum atomic E-state index is 0.748. The second-order valence-corrected chi connectivity index (χ2v) is 4.59. The van der Waals surface area contributed by atoms with Crippen LogP contribution in [0.15, 0.2) is 18.2 Å². The molecule has 0 aliphatic heterocycles. The van der Waals surface area contributed by atoms with Gasteiger partial charge in [0.1, 0.15) is 12.4 Å². The molecular weight excluding hydrogens is 200 g/mol. The molecule has 2 rings (SSSR count). The third kappa shape index (κ3) is 2.89. The molecule has 1 aromatic rings. The number of anilines is 1. The van der Waals surface area contributed by atoms with Crippen molar-refractivity contribution in [2.45, 2.75) is 25.8 Å². The van der Waals surface area contributed by atoms with Crippen molar-refractivity contribution in [2.75, 3.05) is 25.9 Å². The third-order valence-corrected chi connectivity index (χ3v) is 3.07. The second-order valence-electron chi connectivity index (χ2n) is 4.59. The van der Waals surface area contributed by atoms with Gasteiger partial charge in [0.05, 0.1) is 0 Å². The van der Waals surface area contributed by atoms with Crippen molar-refractivity contribution in [3.05, 3.63) is 23.8 Å². The van der Waals surface area contributed by atoms with E-state index >= 15 is 0 Å². The summed E-state index contributed by atoms with van der Waals surface area (Å²) in [4.78, 5) is 2.37. The van der Waals surface area contributed by atoms with Gasteiger partial charge >= 0.3 is 0 Å². The van der Waals surface area contributed by atoms with Crippen molar-refractivity contribution in [2.24, 2.45) is 0 Å². The molecule has 0 heterocycles. The maximum Gasteiger partial charge on any atom is 0.122 e. The van der Waals surface area contributed by atoms with Crippen molar-refractivity contribution in [1.82, 2.24) is 4.90 Å². The van der Waals surface area contributed by atoms with E-state index in [9.17, 15) is 0 Å². The summed E-state index contributed by atoms with van der Waals surface area (Å²) in [6.45, 7) is 3.77. The molecule has 1 aliphatic rings. The Kier molecular flexibility index (Phi) is 3.34. The highest BCUT2D eigenvalue weighted by atomic mass is 16.5. The lowest BCUT2D eigenvalue weighted by Crippen LogP contribution is -2.26. The van der Waals surface area contributed by atoms with Gasteiger partial charge in [0.25, 0.3) is 0 Å². The summed E-state index contributed by atoms with van der Waals surface area (Å²) in [5.74, 6) is 0.943. The molecule has 0 unspecified atom stereocenters.